The molecule has 0 bridgehead atoms. The second-order valence-corrected chi connectivity index (χ2v) is 5.03. The number of rotatable bonds is 5. The minimum absolute atomic E-state index is 0.145. The van der Waals surface area contributed by atoms with Crippen molar-refractivity contribution in [2.24, 2.45) is 5.41 Å². The largest absolute Gasteiger partial charge is 0.312 e. The molecule has 1 saturated carbocycles. The van der Waals surface area contributed by atoms with Crippen molar-refractivity contribution in [1.29, 1.82) is 0 Å². The first-order valence-electron chi connectivity index (χ1n) is 6.11. The van der Waals surface area contributed by atoms with Gasteiger partial charge in [0, 0.05) is 13.1 Å². The van der Waals surface area contributed by atoms with Gasteiger partial charge >= 0.3 is 0 Å². The molecule has 1 aliphatic rings. The van der Waals surface area contributed by atoms with E-state index in [1.54, 1.807) is 6.07 Å². The van der Waals surface area contributed by atoms with Crippen LogP contribution in [0.25, 0.3) is 0 Å². The van der Waals surface area contributed by atoms with Crippen molar-refractivity contribution in [2.45, 2.75) is 39.7 Å². The van der Waals surface area contributed by atoms with Crippen LogP contribution in [0.4, 0.5) is 4.39 Å². The zero-order valence-electron chi connectivity index (χ0n) is 10.1. The van der Waals surface area contributed by atoms with E-state index in [1.807, 2.05) is 13.0 Å². The highest BCUT2D eigenvalue weighted by Crippen LogP contribution is 2.47. The molecule has 0 amide bonds. The second-order valence-electron chi connectivity index (χ2n) is 5.03. The van der Waals surface area contributed by atoms with Crippen LogP contribution >= 0.6 is 0 Å². The molecule has 2 rings (SSSR count). The lowest BCUT2D eigenvalue weighted by atomic mass is 10.0. The summed E-state index contributed by atoms with van der Waals surface area (Å²) in [5.41, 5.74) is 2.82. The number of halogens is 1. The Morgan fingerprint density at radius 2 is 2.12 bits per heavy atom. The van der Waals surface area contributed by atoms with Gasteiger partial charge in [-0.1, -0.05) is 13.0 Å². The zero-order chi connectivity index (χ0) is 11.6. The topological polar surface area (TPSA) is 12.0 Å². The Bertz CT molecular complexity index is 369. The van der Waals surface area contributed by atoms with Crippen molar-refractivity contribution < 1.29 is 4.39 Å². The fourth-order valence-electron chi connectivity index (χ4n) is 2.15. The Morgan fingerprint density at radius 3 is 2.69 bits per heavy atom. The van der Waals surface area contributed by atoms with Crippen LogP contribution in [0.1, 0.15) is 37.3 Å². The molecule has 0 atom stereocenters. The number of benzene rings is 1. The predicted octanol–water partition coefficient (Wildman–Crippen LogP) is 3.41. The summed E-state index contributed by atoms with van der Waals surface area (Å²) in [6, 6.07) is 5.02. The van der Waals surface area contributed by atoms with E-state index < -0.39 is 0 Å². The number of hydrogen-bond donors (Lipinski definition) is 1. The Morgan fingerprint density at radius 1 is 1.38 bits per heavy atom. The lowest BCUT2D eigenvalue weighted by Gasteiger charge is -2.14. The predicted molar refractivity (Wildman–Crippen MR) is 64.8 cm³/mol. The van der Waals surface area contributed by atoms with Gasteiger partial charge in [-0.3, -0.25) is 0 Å². The van der Waals surface area contributed by atoms with Gasteiger partial charge in [0.1, 0.15) is 5.82 Å². The van der Waals surface area contributed by atoms with Crippen LogP contribution in [0.2, 0.25) is 0 Å². The molecule has 1 aromatic carbocycles. The van der Waals surface area contributed by atoms with Gasteiger partial charge < -0.3 is 5.32 Å². The molecule has 0 heterocycles. The van der Waals surface area contributed by atoms with Gasteiger partial charge in [0.15, 0.2) is 0 Å². The minimum Gasteiger partial charge on any atom is -0.312 e. The normalized spacial score (nSPS) is 17.4. The van der Waals surface area contributed by atoms with Crippen molar-refractivity contribution in [3.05, 3.63) is 35.1 Å². The Kier molecular flexibility index (Phi) is 3.29. The first-order chi connectivity index (χ1) is 7.65. The molecule has 0 unspecified atom stereocenters. The monoisotopic (exact) mass is 221 g/mol. The van der Waals surface area contributed by atoms with Crippen LogP contribution in [0.3, 0.4) is 0 Å². The lowest BCUT2D eigenvalue weighted by Crippen LogP contribution is -2.23. The summed E-state index contributed by atoms with van der Waals surface area (Å²) in [4.78, 5) is 0. The molecule has 1 fully saturated rings. The third kappa shape index (κ3) is 2.62. The van der Waals surface area contributed by atoms with Crippen molar-refractivity contribution >= 4 is 0 Å². The highest BCUT2D eigenvalue weighted by molar-refractivity contribution is 5.26. The zero-order valence-corrected chi connectivity index (χ0v) is 10.1. The van der Waals surface area contributed by atoms with E-state index >= 15 is 0 Å². The molecule has 1 N–H and O–H groups in total. The molecule has 1 aliphatic carbocycles. The molecule has 0 saturated heterocycles. The molecule has 88 valence electrons. The first kappa shape index (κ1) is 11.6. The van der Waals surface area contributed by atoms with E-state index in [-0.39, 0.29) is 5.82 Å². The highest BCUT2D eigenvalue weighted by atomic mass is 19.1. The smallest absolute Gasteiger partial charge is 0.123 e. The summed E-state index contributed by atoms with van der Waals surface area (Å²) in [6.45, 7) is 6.18. The third-order valence-electron chi connectivity index (χ3n) is 3.83. The van der Waals surface area contributed by atoms with Crippen LogP contribution < -0.4 is 5.32 Å². The van der Waals surface area contributed by atoms with Crippen LogP contribution in [-0.4, -0.2) is 6.54 Å². The van der Waals surface area contributed by atoms with Gasteiger partial charge in [-0.05, 0) is 54.9 Å². The molecule has 0 spiro atoms. The van der Waals surface area contributed by atoms with Crippen molar-refractivity contribution in [3.8, 4) is 0 Å². The second kappa shape index (κ2) is 4.54. The van der Waals surface area contributed by atoms with Crippen molar-refractivity contribution in [1.82, 2.24) is 5.32 Å². The minimum atomic E-state index is -0.145. The number of nitrogens with one attached hydrogen (secondary N) is 1. The fraction of sp³-hybridized carbons (Fsp3) is 0.571. The SMILES string of the molecule is CCC1(CNCc2ccc(F)cc2C)CC1. The summed E-state index contributed by atoms with van der Waals surface area (Å²) in [5.74, 6) is -0.145. The maximum absolute atomic E-state index is 12.9. The lowest BCUT2D eigenvalue weighted by molar-refractivity contribution is 0.443. The summed E-state index contributed by atoms with van der Waals surface area (Å²) in [7, 11) is 0. The molecule has 2 heteroatoms. The maximum Gasteiger partial charge on any atom is 0.123 e. The van der Waals surface area contributed by atoms with E-state index in [1.165, 1.54) is 30.9 Å². The van der Waals surface area contributed by atoms with E-state index in [9.17, 15) is 4.39 Å². The van der Waals surface area contributed by atoms with Gasteiger partial charge in [-0.2, -0.15) is 0 Å². The van der Waals surface area contributed by atoms with Gasteiger partial charge in [-0.15, -0.1) is 0 Å². The summed E-state index contributed by atoms with van der Waals surface area (Å²) < 4.78 is 12.9. The summed E-state index contributed by atoms with van der Waals surface area (Å²) >= 11 is 0. The van der Waals surface area contributed by atoms with Crippen LogP contribution in [0.15, 0.2) is 18.2 Å². The number of aryl methyl sites for hydroxylation is 1. The van der Waals surface area contributed by atoms with E-state index in [2.05, 4.69) is 12.2 Å². The molecule has 0 aromatic heterocycles. The van der Waals surface area contributed by atoms with E-state index in [0.29, 0.717) is 5.41 Å². The fourth-order valence-corrected chi connectivity index (χ4v) is 2.15. The third-order valence-corrected chi connectivity index (χ3v) is 3.83. The maximum atomic E-state index is 12.9. The van der Waals surface area contributed by atoms with Gasteiger partial charge in [-0.25, -0.2) is 4.39 Å². The first-order valence-corrected chi connectivity index (χ1v) is 6.11. The summed E-state index contributed by atoms with van der Waals surface area (Å²) in [5, 5.41) is 3.49. The van der Waals surface area contributed by atoms with Crippen LogP contribution in [-0.2, 0) is 6.54 Å². The Hall–Kier alpha value is -0.890. The molecule has 16 heavy (non-hydrogen) atoms. The highest BCUT2D eigenvalue weighted by Gasteiger charge is 2.39. The number of hydrogen-bond acceptors (Lipinski definition) is 1. The van der Waals surface area contributed by atoms with Crippen LogP contribution in [0.5, 0.6) is 0 Å². The Balaban J connectivity index is 1.85. The Labute approximate surface area is 97.1 Å². The molecule has 1 aromatic rings. The molecule has 1 nitrogen and oxygen atoms in total. The average molecular weight is 221 g/mol. The van der Waals surface area contributed by atoms with Crippen LogP contribution in [0, 0.1) is 18.2 Å². The molecular weight excluding hydrogens is 201 g/mol. The van der Waals surface area contributed by atoms with Gasteiger partial charge in [0.25, 0.3) is 0 Å². The molecule has 0 aliphatic heterocycles. The van der Waals surface area contributed by atoms with E-state index in [4.69, 9.17) is 0 Å². The molecular formula is C14H20FN. The standard InChI is InChI=1S/C14H20FN/c1-3-14(6-7-14)10-16-9-12-4-5-13(15)8-11(12)2/h4-5,8,16H,3,6-7,9-10H2,1-2H3. The molecule has 0 radical (unpaired) electrons. The quantitative estimate of drug-likeness (QED) is 0.803. The van der Waals surface area contributed by atoms with Gasteiger partial charge in [0.05, 0.1) is 0 Å². The van der Waals surface area contributed by atoms with Gasteiger partial charge in [0.2, 0.25) is 0 Å². The van der Waals surface area contributed by atoms with Crippen molar-refractivity contribution in [2.75, 3.05) is 6.54 Å². The average Bonchev–Trinajstić information content (AvgIpc) is 3.02. The summed E-state index contributed by atoms with van der Waals surface area (Å²) in [6.07, 6.45) is 3.99. The van der Waals surface area contributed by atoms with E-state index in [0.717, 1.165) is 18.7 Å². The van der Waals surface area contributed by atoms with Crippen molar-refractivity contribution in [3.63, 3.8) is 0 Å².